The molecule has 0 radical (unpaired) electrons. The summed E-state index contributed by atoms with van der Waals surface area (Å²) in [7, 11) is -5.07. The highest BCUT2D eigenvalue weighted by molar-refractivity contribution is 7.57. The van der Waals surface area contributed by atoms with Crippen LogP contribution in [0.1, 0.15) is 51.4 Å². The minimum Gasteiger partial charge on any atom is -0.341 e. The molecule has 0 spiro atoms. The van der Waals surface area contributed by atoms with Gasteiger partial charge in [-0.05, 0) is 51.6 Å². The first-order chi connectivity index (χ1) is 19.0. The molecule has 6 fully saturated rings. The highest BCUT2D eigenvalue weighted by Gasteiger charge is 2.50. The van der Waals surface area contributed by atoms with Gasteiger partial charge >= 0.3 is 0 Å². The number of unbranched alkanes of at least 4 members (excludes halogenated alkanes) is 2. The number of nitrogens with zero attached hydrogens (tertiary/aromatic N) is 8. The van der Waals surface area contributed by atoms with Crippen molar-refractivity contribution in [1.82, 2.24) is 37.8 Å². The average Bonchev–Trinajstić information content (AvgIpc) is 3.48. The molecule has 6 rings (SSSR count). The first-order valence-corrected chi connectivity index (χ1v) is 18.9. The Labute approximate surface area is 235 Å². The van der Waals surface area contributed by atoms with Gasteiger partial charge in [-0.2, -0.15) is 0 Å². The Balaban J connectivity index is 0.933. The number of hydrogen-bond acceptors (Lipinski definition) is 4. The fraction of sp³-hybridized carbons (Fsp3) is 0.962. The van der Waals surface area contributed by atoms with Gasteiger partial charge in [-0.3, -0.25) is 13.9 Å². The molecular weight excluding hydrogens is 534 g/mol. The van der Waals surface area contributed by atoms with Crippen LogP contribution >= 0.6 is 15.2 Å². The van der Waals surface area contributed by atoms with Gasteiger partial charge in [-0.15, -0.1) is 0 Å². The maximum atomic E-state index is 13.9. The molecular formula is C26H50N8O3P2. The molecule has 11 nitrogen and oxygen atoms in total. The molecule has 0 bridgehead atoms. The van der Waals surface area contributed by atoms with Crippen LogP contribution in [0.15, 0.2) is 0 Å². The SMILES string of the molecule is O=C(CCCCCN1CCCN2CCN3CCCN(CC1)P23=O)N1CCCN2CCN3CCCN(CC1)P23=O. The van der Waals surface area contributed by atoms with E-state index in [4.69, 9.17) is 0 Å². The zero-order valence-corrected chi connectivity index (χ0v) is 25.7. The quantitative estimate of drug-likeness (QED) is 0.343. The van der Waals surface area contributed by atoms with Gasteiger partial charge in [0.25, 0.3) is 15.2 Å². The molecule has 2 unspecified atom stereocenters. The Kier molecular flexibility index (Phi) is 9.20. The lowest BCUT2D eigenvalue weighted by molar-refractivity contribution is -0.131. The zero-order valence-electron chi connectivity index (χ0n) is 23.9. The molecule has 0 aromatic carbocycles. The normalized spacial score (nSPS) is 34.9. The van der Waals surface area contributed by atoms with Crippen LogP contribution in [0.5, 0.6) is 0 Å². The minimum absolute atomic E-state index is 0.270. The Morgan fingerprint density at radius 2 is 0.897 bits per heavy atom. The molecule has 6 aliphatic rings. The summed E-state index contributed by atoms with van der Waals surface area (Å²) in [5.41, 5.74) is 0. The highest BCUT2D eigenvalue weighted by atomic mass is 31.2. The van der Waals surface area contributed by atoms with Crippen molar-refractivity contribution >= 4 is 21.1 Å². The first-order valence-electron chi connectivity index (χ1n) is 15.7. The summed E-state index contributed by atoms with van der Waals surface area (Å²) in [6.07, 6.45) is 7.92. The standard InChI is InChI=1S/C26H50N8O3P2/c35-26(28-11-5-13-32-23-25-34-17-7-15-30(21-19-28)39(32,34)37)8-2-1-3-9-27-10-4-12-31-22-24-33-16-6-14-29(20-18-27)38(31,33)36/h1-25H2. The Hall–Kier alpha value is -0.350. The first kappa shape index (κ1) is 28.8. The molecule has 0 aliphatic carbocycles. The molecule has 0 aromatic rings. The summed E-state index contributed by atoms with van der Waals surface area (Å²) in [6, 6.07) is 0. The van der Waals surface area contributed by atoms with Crippen LogP contribution in [0.25, 0.3) is 0 Å². The van der Waals surface area contributed by atoms with E-state index >= 15 is 0 Å². The third kappa shape index (κ3) is 5.70. The molecule has 39 heavy (non-hydrogen) atoms. The van der Waals surface area contributed by atoms with Crippen LogP contribution in [-0.2, 0) is 13.9 Å². The number of carbonyl (C=O) groups excluding carboxylic acids is 1. The van der Waals surface area contributed by atoms with Gasteiger partial charge in [0.1, 0.15) is 0 Å². The van der Waals surface area contributed by atoms with Gasteiger partial charge in [0.2, 0.25) is 5.91 Å². The molecule has 6 heterocycles. The van der Waals surface area contributed by atoms with Gasteiger partial charge in [0.05, 0.1) is 0 Å². The van der Waals surface area contributed by atoms with Crippen molar-refractivity contribution in [1.29, 1.82) is 0 Å². The van der Waals surface area contributed by atoms with Gasteiger partial charge in [-0.1, -0.05) is 6.42 Å². The van der Waals surface area contributed by atoms with E-state index in [0.717, 1.165) is 150 Å². The van der Waals surface area contributed by atoms with E-state index in [1.54, 1.807) is 0 Å². The van der Waals surface area contributed by atoms with Crippen LogP contribution in [-0.4, -0.2) is 155 Å². The van der Waals surface area contributed by atoms with Crippen molar-refractivity contribution in [2.45, 2.75) is 51.4 Å². The van der Waals surface area contributed by atoms with Gasteiger partial charge in [-0.25, -0.2) is 28.0 Å². The van der Waals surface area contributed by atoms with E-state index in [1.165, 1.54) is 0 Å². The number of carbonyl (C=O) groups is 1. The van der Waals surface area contributed by atoms with Crippen molar-refractivity contribution < 1.29 is 13.9 Å². The second-order valence-electron chi connectivity index (χ2n) is 12.2. The zero-order chi connectivity index (χ0) is 26.9. The third-order valence-electron chi connectivity index (χ3n) is 9.86. The van der Waals surface area contributed by atoms with Crippen LogP contribution < -0.4 is 0 Å². The molecule has 6 saturated heterocycles. The van der Waals surface area contributed by atoms with Crippen LogP contribution in [0.2, 0.25) is 0 Å². The van der Waals surface area contributed by atoms with E-state index in [-0.39, 0.29) is 5.91 Å². The smallest absolute Gasteiger partial charge is 0.287 e. The summed E-state index contributed by atoms with van der Waals surface area (Å²) in [6.45, 7) is 15.5. The Morgan fingerprint density at radius 3 is 1.44 bits per heavy atom. The van der Waals surface area contributed by atoms with Crippen LogP contribution in [0.4, 0.5) is 0 Å². The van der Waals surface area contributed by atoms with Gasteiger partial charge in [0.15, 0.2) is 0 Å². The second kappa shape index (κ2) is 12.5. The fourth-order valence-corrected chi connectivity index (χ4v) is 14.4. The highest BCUT2D eigenvalue weighted by Crippen LogP contribution is 2.62. The number of rotatable bonds is 6. The lowest BCUT2D eigenvalue weighted by Crippen LogP contribution is -2.43. The minimum atomic E-state index is -2.58. The summed E-state index contributed by atoms with van der Waals surface area (Å²) in [5, 5.41) is 0. The molecule has 13 heteroatoms. The monoisotopic (exact) mass is 584 g/mol. The van der Waals surface area contributed by atoms with Crippen molar-refractivity contribution in [2.75, 3.05) is 111 Å². The van der Waals surface area contributed by atoms with Gasteiger partial charge < -0.3 is 9.80 Å². The van der Waals surface area contributed by atoms with E-state index in [2.05, 4.69) is 32.9 Å². The fourth-order valence-electron chi connectivity index (χ4n) is 7.70. The van der Waals surface area contributed by atoms with Gasteiger partial charge in [0, 0.05) is 105 Å². The molecule has 0 saturated carbocycles. The van der Waals surface area contributed by atoms with E-state index in [0.29, 0.717) is 13.0 Å². The van der Waals surface area contributed by atoms with E-state index < -0.39 is 15.2 Å². The Morgan fingerprint density at radius 1 is 0.462 bits per heavy atom. The van der Waals surface area contributed by atoms with E-state index in [1.807, 2.05) is 4.90 Å². The molecule has 222 valence electrons. The van der Waals surface area contributed by atoms with E-state index in [9.17, 15) is 13.9 Å². The topological polar surface area (TPSA) is 77.1 Å². The predicted molar refractivity (Wildman–Crippen MR) is 155 cm³/mol. The molecule has 1 amide bonds. The lowest BCUT2D eigenvalue weighted by Gasteiger charge is -2.42. The predicted octanol–water partition coefficient (Wildman–Crippen LogP) is 2.35. The van der Waals surface area contributed by atoms with Crippen LogP contribution in [0.3, 0.4) is 0 Å². The molecule has 6 aliphatic heterocycles. The van der Waals surface area contributed by atoms with Crippen molar-refractivity contribution in [3.05, 3.63) is 0 Å². The summed E-state index contributed by atoms with van der Waals surface area (Å²) in [5.74, 6) is 0.270. The molecule has 2 atom stereocenters. The number of hydrogen-bond donors (Lipinski definition) is 0. The Bertz CT molecular complexity index is 971. The maximum Gasteiger partial charge on any atom is 0.287 e. The largest absolute Gasteiger partial charge is 0.341 e. The second-order valence-corrected chi connectivity index (χ2v) is 17.6. The van der Waals surface area contributed by atoms with Crippen molar-refractivity contribution in [2.24, 2.45) is 0 Å². The molecule has 0 N–H and O–H groups in total. The number of amides is 1. The van der Waals surface area contributed by atoms with Crippen LogP contribution in [0, 0.1) is 0 Å². The average molecular weight is 585 g/mol. The van der Waals surface area contributed by atoms with Crippen molar-refractivity contribution in [3.63, 3.8) is 0 Å². The summed E-state index contributed by atoms with van der Waals surface area (Å²) in [4.78, 5) is 17.8. The summed E-state index contributed by atoms with van der Waals surface area (Å²) < 4.78 is 41.4. The molecule has 0 aromatic heterocycles. The lowest BCUT2D eigenvalue weighted by atomic mass is 10.1. The maximum absolute atomic E-state index is 13.9. The third-order valence-corrected chi connectivity index (χ3v) is 16.7. The summed E-state index contributed by atoms with van der Waals surface area (Å²) >= 11 is 0. The van der Waals surface area contributed by atoms with Crippen molar-refractivity contribution in [3.8, 4) is 0 Å².